The number of benzene rings is 1. The van der Waals surface area contributed by atoms with Crippen molar-refractivity contribution in [2.24, 2.45) is 0 Å². The molecule has 0 unspecified atom stereocenters. The Bertz CT molecular complexity index is 780. The van der Waals surface area contributed by atoms with Crippen LogP contribution in [-0.2, 0) is 14.0 Å². The summed E-state index contributed by atoms with van der Waals surface area (Å²) in [5.74, 6) is 0.224. The Morgan fingerprint density at radius 1 is 1.08 bits per heavy atom. The molecule has 0 bridgehead atoms. The van der Waals surface area contributed by atoms with Gasteiger partial charge in [0.1, 0.15) is 11.4 Å². The van der Waals surface area contributed by atoms with E-state index < -0.39 is 24.3 Å². The van der Waals surface area contributed by atoms with Crippen LogP contribution in [0.2, 0.25) is 0 Å². The van der Waals surface area contributed by atoms with Crippen LogP contribution in [-0.4, -0.2) is 43.5 Å². The summed E-state index contributed by atoms with van der Waals surface area (Å²) in [6, 6.07) is 5.50. The third-order valence-electron chi connectivity index (χ3n) is 4.88. The number of hydrogen-bond acceptors (Lipinski definition) is 5. The highest BCUT2D eigenvalue weighted by Crippen LogP contribution is 2.37. The molecule has 0 aliphatic carbocycles. The maximum absolute atomic E-state index is 11.7. The second kappa shape index (κ2) is 5.53. The standard InChI is InChI=1S/C17H22BNO5/c1-16(2)17(3,4)24-18(23-16)11-7-10-8-13(15(20)22-6)19-12(10)9-14(11)21-5/h7-9,19H,1-6H3. The minimum atomic E-state index is -0.536. The molecule has 2 heterocycles. The van der Waals surface area contributed by atoms with Crippen LogP contribution in [0, 0.1) is 0 Å². The number of hydrogen-bond donors (Lipinski definition) is 1. The van der Waals surface area contributed by atoms with Crippen LogP contribution in [0.25, 0.3) is 10.9 Å². The molecule has 1 N–H and O–H groups in total. The second-order valence-corrected chi connectivity index (χ2v) is 6.94. The number of H-pyrrole nitrogens is 1. The molecule has 1 aliphatic heterocycles. The maximum atomic E-state index is 11.7. The SMILES string of the molecule is COC(=O)c1cc2cc(B3OC(C)(C)C(C)(C)O3)c(OC)cc2[nH]1. The predicted molar refractivity (Wildman–Crippen MR) is 91.9 cm³/mol. The molecule has 0 atom stereocenters. The van der Waals surface area contributed by atoms with Crippen LogP contribution in [0.5, 0.6) is 5.75 Å². The van der Waals surface area contributed by atoms with Crippen molar-refractivity contribution in [2.75, 3.05) is 14.2 Å². The highest BCUT2D eigenvalue weighted by atomic mass is 16.7. The van der Waals surface area contributed by atoms with Gasteiger partial charge in [-0.05, 0) is 39.8 Å². The van der Waals surface area contributed by atoms with E-state index >= 15 is 0 Å². The third-order valence-corrected chi connectivity index (χ3v) is 4.88. The molecule has 7 heteroatoms. The first-order chi connectivity index (χ1) is 11.2. The normalized spacial score (nSPS) is 18.8. The quantitative estimate of drug-likeness (QED) is 0.690. The van der Waals surface area contributed by atoms with E-state index in [0.29, 0.717) is 11.4 Å². The minimum absolute atomic E-state index is 0.389. The first-order valence-corrected chi connectivity index (χ1v) is 7.83. The van der Waals surface area contributed by atoms with Gasteiger partial charge in [0.25, 0.3) is 0 Å². The van der Waals surface area contributed by atoms with E-state index in [1.54, 1.807) is 13.2 Å². The third kappa shape index (κ3) is 2.57. The molecule has 128 valence electrons. The van der Waals surface area contributed by atoms with E-state index in [1.165, 1.54) is 7.11 Å². The lowest BCUT2D eigenvalue weighted by atomic mass is 9.78. The number of methoxy groups -OCH3 is 2. The second-order valence-electron chi connectivity index (χ2n) is 6.94. The number of aromatic nitrogens is 1. The Labute approximate surface area is 141 Å². The molecule has 0 amide bonds. The smallest absolute Gasteiger partial charge is 0.497 e. The zero-order chi connectivity index (χ0) is 17.7. The molecule has 3 rings (SSSR count). The lowest BCUT2D eigenvalue weighted by Crippen LogP contribution is -2.41. The average molecular weight is 331 g/mol. The van der Waals surface area contributed by atoms with Crippen LogP contribution in [0.15, 0.2) is 18.2 Å². The lowest BCUT2D eigenvalue weighted by Gasteiger charge is -2.32. The van der Waals surface area contributed by atoms with Crippen LogP contribution in [0.4, 0.5) is 0 Å². The van der Waals surface area contributed by atoms with Gasteiger partial charge in [0.15, 0.2) is 0 Å². The zero-order valence-corrected chi connectivity index (χ0v) is 14.9. The molecule has 1 fully saturated rings. The van der Waals surface area contributed by atoms with Crippen LogP contribution in [0.3, 0.4) is 0 Å². The molecule has 1 aromatic heterocycles. The molecular formula is C17H22BNO5. The maximum Gasteiger partial charge on any atom is 0.498 e. The highest BCUT2D eigenvalue weighted by molar-refractivity contribution is 6.63. The van der Waals surface area contributed by atoms with Crippen molar-refractivity contribution in [2.45, 2.75) is 38.9 Å². The number of carbonyl (C=O) groups is 1. The molecule has 1 aromatic carbocycles. The number of aromatic amines is 1. The summed E-state index contributed by atoms with van der Waals surface area (Å²) >= 11 is 0. The first-order valence-electron chi connectivity index (χ1n) is 7.83. The summed E-state index contributed by atoms with van der Waals surface area (Å²) in [4.78, 5) is 14.7. The van der Waals surface area contributed by atoms with Gasteiger partial charge in [-0.25, -0.2) is 4.79 Å². The Kier molecular flexibility index (Phi) is 3.88. The van der Waals surface area contributed by atoms with E-state index in [9.17, 15) is 4.79 Å². The Morgan fingerprint density at radius 2 is 1.71 bits per heavy atom. The van der Waals surface area contributed by atoms with Crippen molar-refractivity contribution in [3.05, 3.63) is 23.9 Å². The van der Waals surface area contributed by atoms with Crippen molar-refractivity contribution in [1.82, 2.24) is 4.98 Å². The lowest BCUT2D eigenvalue weighted by molar-refractivity contribution is 0.00578. The Hall–Kier alpha value is -1.99. The number of rotatable bonds is 3. The molecule has 24 heavy (non-hydrogen) atoms. The van der Waals surface area contributed by atoms with E-state index in [0.717, 1.165) is 16.4 Å². The van der Waals surface area contributed by atoms with Gasteiger partial charge in [0, 0.05) is 22.4 Å². The Morgan fingerprint density at radius 3 is 2.25 bits per heavy atom. The molecule has 2 aromatic rings. The molecule has 0 radical (unpaired) electrons. The number of esters is 1. The predicted octanol–water partition coefficient (Wildman–Crippen LogP) is 2.26. The summed E-state index contributed by atoms with van der Waals surface area (Å²) in [5, 5.41) is 0.862. The highest BCUT2D eigenvalue weighted by Gasteiger charge is 2.52. The van der Waals surface area contributed by atoms with Gasteiger partial charge in [0.05, 0.1) is 25.4 Å². The number of fused-ring (bicyclic) bond motifs is 1. The fourth-order valence-electron chi connectivity index (χ4n) is 2.73. The van der Waals surface area contributed by atoms with Crippen molar-refractivity contribution in [3.63, 3.8) is 0 Å². The molecular weight excluding hydrogens is 309 g/mol. The minimum Gasteiger partial charge on any atom is -0.497 e. The van der Waals surface area contributed by atoms with Crippen molar-refractivity contribution in [3.8, 4) is 5.75 Å². The summed E-state index contributed by atoms with van der Waals surface area (Å²) in [6.45, 7) is 8.01. The molecule has 1 aliphatic rings. The largest absolute Gasteiger partial charge is 0.498 e. The van der Waals surface area contributed by atoms with Gasteiger partial charge in [-0.15, -0.1) is 0 Å². The van der Waals surface area contributed by atoms with E-state index in [-0.39, 0.29) is 0 Å². The van der Waals surface area contributed by atoms with Gasteiger partial charge < -0.3 is 23.8 Å². The van der Waals surface area contributed by atoms with Gasteiger partial charge in [-0.1, -0.05) is 0 Å². The monoisotopic (exact) mass is 331 g/mol. The van der Waals surface area contributed by atoms with Gasteiger partial charge in [-0.3, -0.25) is 0 Å². The van der Waals surface area contributed by atoms with E-state index in [1.807, 2.05) is 39.8 Å². The number of ether oxygens (including phenoxy) is 2. The zero-order valence-electron chi connectivity index (χ0n) is 14.9. The number of nitrogens with one attached hydrogen (secondary N) is 1. The number of carbonyl (C=O) groups excluding carboxylic acids is 1. The summed E-state index contributed by atoms with van der Waals surface area (Å²) in [6.07, 6.45) is 0. The topological polar surface area (TPSA) is 69.8 Å². The Balaban J connectivity index is 2.06. The molecule has 0 spiro atoms. The summed E-state index contributed by atoms with van der Waals surface area (Å²) in [5.41, 5.74) is 1.09. The van der Waals surface area contributed by atoms with Gasteiger partial charge in [-0.2, -0.15) is 0 Å². The fourth-order valence-corrected chi connectivity index (χ4v) is 2.73. The molecule has 0 saturated carbocycles. The average Bonchev–Trinajstić information content (AvgIpc) is 3.02. The van der Waals surface area contributed by atoms with Crippen LogP contribution >= 0.6 is 0 Å². The van der Waals surface area contributed by atoms with Gasteiger partial charge in [0.2, 0.25) is 0 Å². The van der Waals surface area contributed by atoms with E-state index in [2.05, 4.69) is 4.98 Å². The van der Waals surface area contributed by atoms with Crippen molar-refractivity contribution >= 4 is 29.5 Å². The summed E-state index contributed by atoms with van der Waals surface area (Å²) in [7, 11) is 2.41. The fraction of sp³-hybridized carbons (Fsp3) is 0.471. The molecule has 1 saturated heterocycles. The summed E-state index contributed by atoms with van der Waals surface area (Å²) < 4.78 is 22.5. The van der Waals surface area contributed by atoms with Crippen LogP contribution < -0.4 is 10.2 Å². The van der Waals surface area contributed by atoms with Crippen molar-refractivity contribution in [1.29, 1.82) is 0 Å². The van der Waals surface area contributed by atoms with Crippen molar-refractivity contribution < 1.29 is 23.6 Å². The van der Waals surface area contributed by atoms with Gasteiger partial charge >= 0.3 is 13.1 Å². The van der Waals surface area contributed by atoms with E-state index in [4.69, 9.17) is 18.8 Å². The molecule has 6 nitrogen and oxygen atoms in total. The van der Waals surface area contributed by atoms with Crippen LogP contribution in [0.1, 0.15) is 38.2 Å². The first kappa shape index (κ1) is 16.9.